The molecular weight excluding hydrogens is 522 g/mol. The van der Waals surface area contributed by atoms with Gasteiger partial charge in [-0.15, -0.1) is 10.2 Å². The summed E-state index contributed by atoms with van der Waals surface area (Å²) < 4.78 is 42.2. The molecule has 2 aromatic heterocycles. The van der Waals surface area contributed by atoms with Gasteiger partial charge in [-0.05, 0) is 55.5 Å². The topological polar surface area (TPSA) is 120 Å². The normalized spacial score (nSPS) is 14.8. The second-order valence-corrected chi connectivity index (χ2v) is 14.8. The van der Waals surface area contributed by atoms with Gasteiger partial charge in [0, 0.05) is 33.3 Å². The molecule has 0 unspecified atom stereocenters. The number of ether oxygens (including phenoxy) is 2. The minimum Gasteiger partial charge on any atom is -0.494 e. The number of para-hydroxylation sites is 1. The largest absolute Gasteiger partial charge is 0.494 e. The molecule has 0 aliphatic heterocycles. The van der Waals surface area contributed by atoms with E-state index < -0.39 is 24.9 Å². The predicted molar refractivity (Wildman–Crippen MR) is 149 cm³/mol. The van der Waals surface area contributed by atoms with E-state index in [2.05, 4.69) is 28.3 Å². The van der Waals surface area contributed by atoms with E-state index in [1.165, 1.54) is 4.31 Å². The van der Waals surface area contributed by atoms with E-state index in [1.54, 1.807) is 49.4 Å². The van der Waals surface area contributed by atoms with Gasteiger partial charge in [0.1, 0.15) is 17.2 Å². The third kappa shape index (κ3) is 5.86. The number of hydrogen-bond acceptors (Lipinski definition) is 8. The Morgan fingerprint density at radius 3 is 2.39 bits per heavy atom. The predicted octanol–water partition coefficient (Wildman–Crippen LogP) is 3.71. The van der Waals surface area contributed by atoms with Crippen molar-refractivity contribution < 1.29 is 23.0 Å². The fourth-order valence-corrected chi connectivity index (χ4v) is 6.97. The van der Waals surface area contributed by atoms with Gasteiger partial charge in [0.05, 0.1) is 26.1 Å². The Morgan fingerprint density at radius 2 is 1.84 bits per heavy atom. The first kappa shape index (κ1) is 28.1. The van der Waals surface area contributed by atoms with Crippen molar-refractivity contribution in [3.8, 4) is 28.6 Å². The molecule has 4 rings (SSSR count). The number of hydrogen-bond donors (Lipinski definition) is 1. The summed E-state index contributed by atoms with van der Waals surface area (Å²) in [5, 5.41) is 19.6. The number of anilines is 1. The molecule has 0 saturated heterocycles. The third-order valence-electron chi connectivity index (χ3n) is 6.85. The number of sulfonamides is 1. The van der Waals surface area contributed by atoms with Gasteiger partial charge in [0.15, 0.2) is 5.82 Å². The van der Waals surface area contributed by atoms with Crippen LogP contribution in [0.3, 0.4) is 0 Å². The van der Waals surface area contributed by atoms with Crippen molar-refractivity contribution in [2.45, 2.75) is 51.4 Å². The molecule has 1 aliphatic rings. The number of pyridine rings is 1. The number of aryl methyl sites for hydroxylation is 1. The molecule has 1 aliphatic carbocycles. The molecule has 1 atom stereocenters. The molecule has 1 aromatic carbocycles. The summed E-state index contributed by atoms with van der Waals surface area (Å²) in [6.45, 7) is 6.42. The van der Waals surface area contributed by atoms with E-state index in [9.17, 15) is 13.5 Å². The lowest BCUT2D eigenvalue weighted by atomic mass is 9.82. The van der Waals surface area contributed by atoms with E-state index >= 15 is 0 Å². The van der Waals surface area contributed by atoms with E-state index in [4.69, 9.17) is 9.47 Å². The Balaban J connectivity index is 1.94. The van der Waals surface area contributed by atoms with Crippen LogP contribution in [0.2, 0.25) is 19.1 Å². The van der Waals surface area contributed by atoms with Crippen molar-refractivity contribution in [3.63, 3.8) is 0 Å². The summed E-state index contributed by atoms with van der Waals surface area (Å²) in [5.41, 5.74) is 2.06. The van der Waals surface area contributed by atoms with Gasteiger partial charge in [-0.25, -0.2) is 12.7 Å². The van der Waals surface area contributed by atoms with Crippen LogP contribution in [0.4, 0.5) is 5.95 Å². The molecule has 10 nitrogen and oxygen atoms in total. The molecule has 38 heavy (non-hydrogen) atoms. The first-order valence-corrected chi connectivity index (χ1v) is 17.0. The summed E-state index contributed by atoms with van der Waals surface area (Å²) in [6, 6.07) is 7.96. The second kappa shape index (κ2) is 11.8. The average molecular weight is 559 g/mol. The van der Waals surface area contributed by atoms with Crippen LogP contribution in [0.25, 0.3) is 17.1 Å². The van der Waals surface area contributed by atoms with Gasteiger partial charge < -0.3 is 14.6 Å². The highest BCUT2D eigenvalue weighted by Gasteiger charge is 2.36. The van der Waals surface area contributed by atoms with E-state index in [0.29, 0.717) is 34.6 Å². The molecule has 205 valence electrons. The number of aromatic nitrogens is 4. The number of methoxy groups -OCH3 is 2. The van der Waals surface area contributed by atoms with Crippen LogP contribution in [0, 0.1) is 12.8 Å². The molecule has 0 amide bonds. The lowest BCUT2D eigenvalue weighted by molar-refractivity contribution is 0.0802. The summed E-state index contributed by atoms with van der Waals surface area (Å²) >= 11 is 0. The standard InChI is InChI=1S/C26H36N5O5SSi/c1-18-14-20(16-27-15-18)25-28-29-26(31(25)24-22(35-2)10-7-11-23(24)36-3)30(12-13-38(4)5)37(33,34)17-21(32)19-8-6-9-19/h7,10-11,14-16,19,21,32H,6,8-9,12-13,17H2,1-5H3/t21-/m1/s1. The zero-order valence-corrected chi connectivity index (χ0v) is 24.4. The lowest BCUT2D eigenvalue weighted by Gasteiger charge is -2.32. The van der Waals surface area contributed by atoms with Crippen molar-refractivity contribution in [2.75, 3.05) is 30.8 Å². The van der Waals surface area contributed by atoms with Crippen molar-refractivity contribution >= 4 is 24.8 Å². The van der Waals surface area contributed by atoms with Crippen LogP contribution in [-0.4, -0.2) is 74.7 Å². The Kier molecular flexibility index (Phi) is 8.73. The monoisotopic (exact) mass is 558 g/mol. The maximum Gasteiger partial charge on any atom is 0.246 e. The second-order valence-electron chi connectivity index (χ2n) is 9.99. The van der Waals surface area contributed by atoms with E-state index in [1.807, 2.05) is 13.0 Å². The van der Waals surface area contributed by atoms with Crippen LogP contribution < -0.4 is 13.8 Å². The first-order valence-electron chi connectivity index (χ1n) is 12.7. The highest BCUT2D eigenvalue weighted by Crippen LogP contribution is 2.39. The zero-order chi connectivity index (χ0) is 27.4. The lowest BCUT2D eigenvalue weighted by Crippen LogP contribution is -2.42. The minimum atomic E-state index is -3.96. The molecule has 0 spiro atoms. The Bertz CT molecular complexity index is 1340. The Morgan fingerprint density at radius 1 is 1.16 bits per heavy atom. The molecular formula is C26H36N5O5SSi. The fraction of sp³-hybridized carbons (Fsp3) is 0.500. The van der Waals surface area contributed by atoms with Crippen molar-refractivity contribution in [3.05, 3.63) is 42.2 Å². The van der Waals surface area contributed by atoms with Crippen LogP contribution in [0.15, 0.2) is 36.7 Å². The van der Waals surface area contributed by atoms with Gasteiger partial charge in [0.25, 0.3) is 0 Å². The summed E-state index contributed by atoms with van der Waals surface area (Å²) in [6.07, 6.45) is 5.16. The van der Waals surface area contributed by atoms with Gasteiger partial charge in [0.2, 0.25) is 16.0 Å². The molecule has 1 radical (unpaired) electrons. The summed E-state index contributed by atoms with van der Waals surface area (Å²) in [4.78, 5) is 4.31. The van der Waals surface area contributed by atoms with Crippen LogP contribution >= 0.6 is 0 Å². The fourth-order valence-electron chi connectivity index (χ4n) is 4.51. The van der Waals surface area contributed by atoms with Crippen molar-refractivity contribution in [1.29, 1.82) is 0 Å². The minimum absolute atomic E-state index is 0.00436. The molecule has 0 bridgehead atoms. The van der Waals surface area contributed by atoms with Gasteiger partial charge in [-0.2, -0.15) is 0 Å². The highest BCUT2D eigenvalue weighted by atomic mass is 32.2. The van der Waals surface area contributed by atoms with Crippen molar-refractivity contribution in [1.82, 2.24) is 19.7 Å². The maximum absolute atomic E-state index is 13.9. The Labute approximate surface area is 226 Å². The Hall–Kier alpha value is -2.96. The SMILES string of the molecule is COc1cccc(OC)c1-n1c(-c2cncc(C)c2)nnc1N(CC[Si](C)C)S(=O)(=O)C[C@@H](O)C1CCC1. The highest BCUT2D eigenvalue weighted by molar-refractivity contribution is 7.92. The molecule has 1 saturated carbocycles. The van der Waals surface area contributed by atoms with Crippen LogP contribution in [0.5, 0.6) is 11.5 Å². The average Bonchev–Trinajstić information content (AvgIpc) is 3.25. The zero-order valence-electron chi connectivity index (χ0n) is 22.6. The molecule has 1 fully saturated rings. The summed E-state index contributed by atoms with van der Waals surface area (Å²) in [7, 11) is -1.64. The smallest absolute Gasteiger partial charge is 0.246 e. The van der Waals surface area contributed by atoms with Crippen molar-refractivity contribution in [2.24, 2.45) is 5.92 Å². The summed E-state index contributed by atoms with van der Waals surface area (Å²) in [5.74, 6) is 1.09. The number of nitrogens with zero attached hydrogens (tertiary/aromatic N) is 5. The molecule has 1 N–H and O–H groups in total. The number of aliphatic hydroxyl groups excluding tert-OH is 1. The number of benzene rings is 1. The van der Waals surface area contributed by atoms with Gasteiger partial charge in [-0.1, -0.05) is 25.6 Å². The van der Waals surface area contributed by atoms with Gasteiger partial charge in [-0.3, -0.25) is 9.55 Å². The molecule has 12 heteroatoms. The van der Waals surface area contributed by atoms with E-state index in [-0.39, 0.29) is 24.2 Å². The quantitative estimate of drug-likeness (QED) is 0.334. The number of aliphatic hydroxyl groups is 1. The van der Waals surface area contributed by atoms with E-state index in [0.717, 1.165) is 24.8 Å². The molecule has 3 aromatic rings. The van der Waals surface area contributed by atoms with Crippen LogP contribution in [0.1, 0.15) is 24.8 Å². The van der Waals surface area contributed by atoms with Crippen LogP contribution in [-0.2, 0) is 10.0 Å². The molecule has 2 heterocycles. The maximum atomic E-state index is 13.9. The third-order valence-corrected chi connectivity index (χ3v) is 9.86. The van der Waals surface area contributed by atoms with Gasteiger partial charge >= 0.3 is 0 Å². The first-order chi connectivity index (χ1) is 18.2. The number of rotatable bonds is 12.